The van der Waals surface area contributed by atoms with Crippen LogP contribution in [-0.2, 0) is 25.7 Å². The maximum Gasteiger partial charge on any atom is 0.328 e. The number of hydrogen-bond acceptors (Lipinski definition) is 4. The minimum Gasteiger partial charge on any atom is -0.454 e. The monoisotopic (exact) mass is 398 g/mol. The van der Waals surface area contributed by atoms with Crippen LogP contribution in [-0.4, -0.2) is 30.4 Å². The molecule has 4 aliphatic carbocycles. The van der Waals surface area contributed by atoms with Crippen molar-refractivity contribution >= 4 is 17.8 Å². The largest absolute Gasteiger partial charge is 0.454 e. The molecule has 4 aliphatic rings. The molecular weight excluding hydrogens is 368 g/mol. The highest BCUT2D eigenvalue weighted by molar-refractivity contribution is 5.89. The summed E-state index contributed by atoms with van der Waals surface area (Å²) in [7, 11) is 0. The Labute approximate surface area is 171 Å². The van der Waals surface area contributed by atoms with Crippen LogP contribution in [0, 0.1) is 23.2 Å². The number of carbonyl (C=O) groups is 3. The van der Waals surface area contributed by atoms with Crippen LogP contribution in [0.2, 0.25) is 0 Å². The van der Waals surface area contributed by atoms with Crippen molar-refractivity contribution in [2.45, 2.75) is 58.0 Å². The molecule has 0 aromatic heterocycles. The Kier molecular flexibility index (Phi) is 5.61. The molecule has 0 aliphatic heterocycles. The summed E-state index contributed by atoms with van der Waals surface area (Å²) in [6, 6.07) is 8.78. The van der Waals surface area contributed by atoms with E-state index in [0.29, 0.717) is 24.3 Å². The van der Waals surface area contributed by atoms with Gasteiger partial charge in [-0.15, -0.1) is 0 Å². The second kappa shape index (κ2) is 8.17. The van der Waals surface area contributed by atoms with Crippen molar-refractivity contribution in [3.63, 3.8) is 0 Å². The van der Waals surface area contributed by atoms with E-state index >= 15 is 0 Å². The molecule has 6 heteroatoms. The quantitative estimate of drug-likeness (QED) is 0.692. The van der Waals surface area contributed by atoms with Crippen molar-refractivity contribution < 1.29 is 19.1 Å². The molecule has 5 rings (SSSR count). The van der Waals surface area contributed by atoms with E-state index in [1.54, 1.807) is 6.92 Å². The van der Waals surface area contributed by atoms with Gasteiger partial charge < -0.3 is 15.4 Å². The normalized spacial score (nSPS) is 30.4. The van der Waals surface area contributed by atoms with Gasteiger partial charge in [-0.05, 0) is 68.8 Å². The first kappa shape index (κ1) is 19.9. The van der Waals surface area contributed by atoms with E-state index in [2.05, 4.69) is 10.6 Å². The predicted octanol–water partition coefficient (Wildman–Crippen LogP) is 2.57. The van der Waals surface area contributed by atoms with E-state index in [1.807, 2.05) is 30.3 Å². The van der Waals surface area contributed by atoms with E-state index in [0.717, 1.165) is 24.8 Å². The minimum absolute atomic E-state index is 0.00502. The lowest BCUT2D eigenvalue weighted by Crippen LogP contribution is -2.56. The van der Waals surface area contributed by atoms with Gasteiger partial charge in [0.1, 0.15) is 6.04 Å². The number of nitrogens with one attached hydrogen (secondary N) is 2. The topological polar surface area (TPSA) is 84.5 Å². The summed E-state index contributed by atoms with van der Waals surface area (Å²) in [5, 5.41) is 5.59. The number of benzene rings is 1. The van der Waals surface area contributed by atoms with Crippen LogP contribution in [0.3, 0.4) is 0 Å². The van der Waals surface area contributed by atoms with Crippen LogP contribution >= 0.6 is 0 Å². The molecular formula is C23H30N2O4. The van der Waals surface area contributed by atoms with Crippen molar-refractivity contribution in [1.82, 2.24) is 10.6 Å². The second-order valence-electron chi connectivity index (χ2n) is 9.26. The van der Waals surface area contributed by atoms with Gasteiger partial charge >= 0.3 is 5.97 Å². The number of ether oxygens (including phenoxy) is 1. The molecule has 0 radical (unpaired) electrons. The summed E-state index contributed by atoms with van der Waals surface area (Å²) in [6.45, 7) is 1.67. The fourth-order valence-corrected chi connectivity index (χ4v) is 5.91. The first-order valence-corrected chi connectivity index (χ1v) is 10.7. The molecule has 1 aromatic rings. The molecule has 4 fully saturated rings. The number of hydrogen-bond donors (Lipinski definition) is 2. The fraction of sp³-hybridized carbons (Fsp3) is 0.609. The smallest absolute Gasteiger partial charge is 0.328 e. The highest BCUT2D eigenvalue weighted by Crippen LogP contribution is 2.60. The molecule has 2 N–H and O–H groups in total. The molecule has 29 heavy (non-hydrogen) atoms. The average molecular weight is 399 g/mol. The molecule has 0 unspecified atom stereocenters. The Morgan fingerprint density at radius 2 is 1.62 bits per heavy atom. The molecule has 4 bridgehead atoms. The molecule has 1 aromatic carbocycles. The van der Waals surface area contributed by atoms with E-state index in [-0.39, 0.29) is 23.8 Å². The molecule has 0 saturated heterocycles. The van der Waals surface area contributed by atoms with Gasteiger partial charge in [0.2, 0.25) is 5.91 Å². The molecule has 2 amide bonds. The number of esters is 1. The van der Waals surface area contributed by atoms with Gasteiger partial charge in [0.15, 0.2) is 6.61 Å². The van der Waals surface area contributed by atoms with Crippen molar-refractivity contribution in [2.24, 2.45) is 23.2 Å². The van der Waals surface area contributed by atoms with Crippen LogP contribution in [0.15, 0.2) is 30.3 Å². The second-order valence-corrected chi connectivity index (χ2v) is 9.26. The van der Waals surface area contributed by atoms with E-state index in [1.165, 1.54) is 19.3 Å². The van der Waals surface area contributed by atoms with Crippen LogP contribution in [0.25, 0.3) is 0 Å². The molecule has 4 saturated carbocycles. The molecule has 1 atom stereocenters. The summed E-state index contributed by atoms with van der Waals surface area (Å²) in [6.07, 6.45) is 6.66. The molecule has 6 nitrogen and oxygen atoms in total. The van der Waals surface area contributed by atoms with Crippen LogP contribution in [0.4, 0.5) is 0 Å². The Morgan fingerprint density at radius 3 is 2.21 bits per heavy atom. The first-order valence-electron chi connectivity index (χ1n) is 10.7. The van der Waals surface area contributed by atoms with Crippen molar-refractivity contribution in [3.8, 4) is 0 Å². The first-order chi connectivity index (χ1) is 13.9. The van der Waals surface area contributed by atoms with Gasteiger partial charge in [0.05, 0.1) is 0 Å². The van der Waals surface area contributed by atoms with Gasteiger partial charge in [0, 0.05) is 12.0 Å². The standard InChI is InChI=1S/C23H30N2O4/c1-15(21(27)29-14-20(26)24-13-16-5-3-2-4-6-16)25-22(28)23-10-17-7-18(11-23)9-19(8-17)12-23/h2-6,15,17-19H,7-14H2,1H3,(H,24,26)(H,25,28)/t15-,17?,18?,19?,23?/m0/s1. The number of amides is 2. The zero-order valence-corrected chi connectivity index (χ0v) is 17.0. The van der Waals surface area contributed by atoms with Crippen LogP contribution in [0.1, 0.15) is 51.0 Å². The van der Waals surface area contributed by atoms with Crippen LogP contribution < -0.4 is 10.6 Å². The predicted molar refractivity (Wildman–Crippen MR) is 107 cm³/mol. The SMILES string of the molecule is C[C@H](NC(=O)C12CC3CC(CC(C3)C1)C2)C(=O)OCC(=O)NCc1ccccc1. The van der Waals surface area contributed by atoms with Gasteiger partial charge in [-0.25, -0.2) is 4.79 Å². The molecule has 156 valence electrons. The van der Waals surface area contributed by atoms with Gasteiger partial charge in [-0.3, -0.25) is 9.59 Å². The Hall–Kier alpha value is -2.37. The summed E-state index contributed by atoms with van der Waals surface area (Å²) in [4.78, 5) is 37.2. The zero-order valence-electron chi connectivity index (χ0n) is 17.0. The van der Waals surface area contributed by atoms with E-state index < -0.39 is 12.0 Å². The van der Waals surface area contributed by atoms with Crippen molar-refractivity contribution in [2.75, 3.05) is 6.61 Å². The Morgan fingerprint density at radius 1 is 1.03 bits per heavy atom. The molecule has 0 heterocycles. The minimum atomic E-state index is -0.752. The average Bonchev–Trinajstić information content (AvgIpc) is 2.70. The Balaban J connectivity index is 1.22. The van der Waals surface area contributed by atoms with Crippen LogP contribution in [0.5, 0.6) is 0 Å². The van der Waals surface area contributed by atoms with E-state index in [9.17, 15) is 14.4 Å². The summed E-state index contributed by atoms with van der Waals surface area (Å²) < 4.78 is 5.11. The van der Waals surface area contributed by atoms with Gasteiger partial charge in [-0.1, -0.05) is 30.3 Å². The fourth-order valence-electron chi connectivity index (χ4n) is 5.91. The van der Waals surface area contributed by atoms with E-state index in [4.69, 9.17) is 4.74 Å². The molecule has 0 spiro atoms. The number of rotatable bonds is 7. The summed E-state index contributed by atoms with van der Waals surface area (Å²) in [5.74, 6) is 1.07. The summed E-state index contributed by atoms with van der Waals surface area (Å²) >= 11 is 0. The maximum atomic E-state index is 13.0. The third-order valence-electron chi connectivity index (χ3n) is 6.90. The third kappa shape index (κ3) is 4.46. The lowest BCUT2D eigenvalue weighted by Gasteiger charge is -2.55. The third-order valence-corrected chi connectivity index (χ3v) is 6.90. The van der Waals surface area contributed by atoms with Crippen molar-refractivity contribution in [1.29, 1.82) is 0 Å². The highest BCUT2D eigenvalue weighted by Gasteiger charge is 2.54. The Bertz CT molecular complexity index is 741. The number of carbonyl (C=O) groups excluding carboxylic acids is 3. The zero-order chi connectivity index (χ0) is 20.4. The maximum absolute atomic E-state index is 13.0. The van der Waals surface area contributed by atoms with Crippen molar-refractivity contribution in [3.05, 3.63) is 35.9 Å². The lowest BCUT2D eigenvalue weighted by atomic mass is 9.49. The lowest BCUT2D eigenvalue weighted by molar-refractivity contribution is -0.155. The van der Waals surface area contributed by atoms with Gasteiger partial charge in [0.25, 0.3) is 5.91 Å². The van der Waals surface area contributed by atoms with Gasteiger partial charge in [-0.2, -0.15) is 0 Å². The highest BCUT2D eigenvalue weighted by atomic mass is 16.5. The summed E-state index contributed by atoms with van der Waals surface area (Å²) in [5.41, 5.74) is 0.680.